The highest BCUT2D eigenvalue weighted by Gasteiger charge is 2.44. The normalized spacial score (nSPS) is 21.5. The fourth-order valence-corrected chi connectivity index (χ4v) is 4.35. The summed E-state index contributed by atoms with van der Waals surface area (Å²) in [6.07, 6.45) is 3.74. The van der Waals surface area contributed by atoms with Crippen molar-refractivity contribution in [2.24, 2.45) is 5.92 Å². The van der Waals surface area contributed by atoms with Crippen LogP contribution in [0.2, 0.25) is 0 Å². The smallest absolute Gasteiger partial charge is 0.251 e. The van der Waals surface area contributed by atoms with E-state index in [1.165, 1.54) is 11.0 Å². The van der Waals surface area contributed by atoms with Crippen LogP contribution >= 0.6 is 0 Å². The predicted molar refractivity (Wildman–Crippen MR) is 104 cm³/mol. The first kappa shape index (κ1) is 18.8. The van der Waals surface area contributed by atoms with Gasteiger partial charge in [0, 0.05) is 43.6 Å². The molecule has 2 aliphatic heterocycles. The van der Waals surface area contributed by atoms with Crippen LogP contribution in [0.5, 0.6) is 11.5 Å². The fraction of sp³-hybridized carbons (Fsp3) is 0.364. The number of ether oxygens (including phenoxy) is 2. The van der Waals surface area contributed by atoms with Crippen molar-refractivity contribution in [2.45, 2.75) is 37.9 Å². The van der Waals surface area contributed by atoms with Crippen LogP contribution in [0.3, 0.4) is 0 Å². The van der Waals surface area contributed by atoms with Crippen molar-refractivity contribution in [1.29, 1.82) is 0 Å². The minimum Gasteiger partial charge on any atom is -0.448 e. The van der Waals surface area contributed by atoms with E-state index in [0.717, 1.165) is 37.8 Å². The Hall–Kier alpha value is -3.16. The Morgan fingerprint density at radius 3 is 2.60 bits per heavy atom. The minimum absolute atomic E-state index is 0.0263. The molecule has 1 spiro atoms. The van der Waals surface area contributed by atoms with Crippen molar-refractivity contribution >= 4 is 23.2 Å². The standard InChI is InChI=1S/C22H20F2N2O4/c23-14-3-5-17(16(24)10-14)26-12-13(9-20(26)27)21(28)25-15-4-6-18-19(11-15)30-22(29-18)7-1-2-8-22/h3-6,10-11,13H,1-2,7-9,12H2,(H,25,28). The summed E-state index contributed by atoms with van der Waals surface area (Å²) in [7, 11) is 0. The van der Waals surface area contributed by atoms with E-state index in [-0.39, 0.29) is 30.5 Å². The maximum absolute atomic E-state index is 14.0. The predicted octanol–water partition coefficient (Wildman–Crippen LogP) is 4.00. The SMILES string of the molecule is O=C(Nc1ccc2c(c1)OC1(CCCC1)O2)C1CC(=O)N(c2ccc(F)cc2F)C1. The second-order valence-corrected chi connectivity index (χ2v) is 7.97. The molecule has 0 bridgehead atoms. The lowest BCUT2D eigenvalue weighted by molar-refractivity contribution is -0.122. The molecule has 2 amide bonds. The molecule has 1 unspecified atom stereocenters. The highest BCUT2D eigenvalue weighted by molar-refractivity contribution is 6.03. The zero-order valence-corrected chi connectivity index (χ0v) is 16.1. The number of halogens is 2. The van der Waals surface area contributed by atoms with Gasteiger partial charge in [-0.25, -0.2) is 8.78 Å². The van der Waals surface area contributed by atoms with Gasteiger partial charge in [-0.05, 0) is 37.1 Å². The lowest BCUT2D eigenvalue weighted by Gasteiger charge is -2.21. The summed E-state index contributed by atoms with van der Waals surface area (Å²) < 4.78 is 39.2. The monoisotopic (exact) mass is 414 g/mol. The van der Waals surface area contributed by atoms with Crippen LogP contribution in [0.1, 0.15) is 32.1 Å². The zero-order chi connectivity index (χ0) is 20.9. The number of carbonyl (C=O) groups is 2. The molecule has 0 aromatic heterocycles. The van der Waals surface area contributed by atoms with Crippen molar-refractivity contribution in [3.63, 3.8) is 0 Å². The topological polar surface area (TPSA) is 67.9 Å². The van der Waals surface area contributed by atoms with Crippen molar-refractivity contribution in [1.82, 2.24) is 0 Å². The largest absolute Gasteiger partial charge is 0.448 e. The van der Waals surface area contributed by atoms with Crippen LogP contribution in [0.15, 0.2) is 36.4 Å². The van der Waals surface area contributed by atoms with Crippen LogP contribution in [-0.4, -0.2) is 24.1 Å². The molecule has 30 heavy (non-hydrogen) atoms. The first-order chi connectivity index (χ1) is 14.4. The molecule has 0 radical (unpaired) electrons. The van der Waals surface area contributed by atoms with Gasteiger partial charge in [0.2, 0.25) is 11.8 Å². The van der Waals surface area contributed by atoms with E-state index in [4.69, 9.17) is 9.47 Å². The van der Waals surface area contributed by atoms with Gasteiger partial charge in [-0.15, -0.1) is 0 Å². The molecule has 5 rings (SSSR count). The van der Waals surface area contributed by atoms with E-state index in [1.54, 1.807) is 18.2 Å². The molecule has 8 heteroatoms. The molecule has 1 atom stereocenters. The summed E-state index contributed by atoms with van der Waals surface area (Å²) in [6, 6.07) is 8.22. The van der Waals surface area contributed by atoms with Crippen molar-refractivity contribution in [3.8, 4) is 11.5 Å². The highest BCUT2D eigenvalue weighted by Crippen LogP contribution is 2.47. The average molecular weight is 414 g/mol. The summed E-state index contributed by atoms with van der Waals surface area (Å²) in [5.41, 5.74) is 0.512. The van der Waals surface area contributed by atoms with E-state index < -0.39 is 23.3 Å². The molecule has 2 aromatic carbocycles. The number of benzene rings is 2. The Bertz CT molecular complexity index is 1040. The molecule has 156 valence electrons. The molecule has 1 N–H and O–H groups in total. The number of anilines is 2. The van der Waals surface area contributed by atoms with Crippen molar-refractivity contribution in [3.05, 3.63) is 48.0 Å². The van der Waals surface area contributed by atoms with E-state index in [9.17, 15) is 18.4 Å². The second-order valence-electron chi connectivity index (χ2n) is 7.97. The number of nitrogens with one attached hydrogen (secondary N) is 1. The van der Waals surface area contributed by atoms with Gasteiger partial charge in [-0.2, -0.15) is 0 Å². The lowest BCUT2D eigenvalue weighted by atomic mass is 10.1. The molecule has 2 aromatic rings. The Labute approximate surface area is 171 Å². The third-order valence-electron chi connectivity index (χ3n) is 5.86. The quantitative estimate of drug-likeness (QED) is 0.825. The first-order valence-corrected chi connectivity index (χ1v) is 10.0. The first-order valence-electron chi connectivity index (χ1n) is 10.0. The molecule has 2 fully saturated rings. The summed E-state index contributed by atoms with van der Waals surface area (Å²) in [6.45, 7) is 0.0287. The molecular formula is C22H20F2N2O4. The van der Waals surface area contributed by atoms with Crippen LogP contribution in [0, 0.1) is 17.6 Å². The summed E-state index contributed by atoms with van der Waals surface area (Å²) in [4.78, 5) is 26.2. The number of amides is 2. The number of carbonyl (C=O) groups excluding carboxylic acids is 2. The molecule has 6 nitrogen and oxygen atoms in total. The van der Waals surface area contributed by atoms with Crippen LogP contribution < -0.4 is 19.7 Å². The van der Waals surface area contributed by atoms with Gasteiger partial charge in [0.25, 0.3) is 5.79 Å². The average Bonchev–Trinajstić information content (AvgIpc) is 3.40. The zero-order valence-electron chi connectivity index (χ0n) is 16.1. The van der Waals surface area contributed by atoms with Crippen molar-refractivity contribution in [2.75, 3.05) is 16.8 Å². The third-order valence-corrected chi connectivity index (χ3v) is 5.86. The maximum Gasteiger partial charge on any atom is 0.251 e. The Balaban J connectivity index is 1.27. The second kappa shape index (κ2) is 6.97. The molecule has 1 aliphatic carbocycles. The van der Waals surface area contributed by atoms with E-state index >= 15 is 0 Å². The van der Waals surface area contributed by atoms with Crippen molar-refractivity contribution < 1.29 is 27.8 Å². The molecule has 1 saturated heterocycles. The highest BCUT2D eigenvalue weighted by atomic mass is 19.1. The van der Waals surface area contributed by atoms with E-state index in [0.29, 0.717) is 17.2 Å². The van der Waals surface area contributed by atoms with Gasteiger partial charge >= 0.3 is 0 Å². The van der Waals surface area contributed by atoms with Crippen LogP contribution in [-0.2, 0) is 9.59 Å². The molecule has 2 heterocycles. The van der Waals surface area contributed by atoms with Crippen LogP contribution in [0.25, 0.3) is 0 Å². The summed E-state index contributed by atoms with van der Waals surface area (Å²) in [5.74, 6) is -2.26. The van der Waals surface area contributed by atoms with Gasteiger partial charge in [0.15, 0.2) is 11.5 Å². The lowest BCUT2D eigenvalue weighted by Crippen LogP contribution is -2.34. The number of hydrogen-bond donors (Lipinski definition) is 1. The third kappa shape index (κ3) is 3.26. The van der Waals surface area contributed by atoms with Gasteiger partial charge in [0.05, 0.1) is 11.6 Å². The minimum atomic E-state index is -0.832. The molecular weight excluding hydrogens is 394 g/mol. The van der Waals surface area contributed by atoms with Crippen LogP contribution in [0.4, 0.5) is 20.2 Å². The number of fused-ring (bicyclic) bond motifs is 1. The van der Waals surface area contributed by atoms with E-state index in [2.05, 4.69) is 5.32 Å². The Kier molecular flexibility index (Phi) is 4.38. The maximum atomic E-state index is 14.0. The number of nitrogens with zero attached hydrogens (tertiary/aromatic N) is 1. The summed E-state index contributed by atoms with van der Waals surface area (Å²) >= 11 is 0. The molecule has 3 aliphatic rings. The Morgan fingerprint density at radius 1 is 1.07 bits per heavy atom. The fourth-order valence-electron chi connectivity index (χ4n) is 4.35. The van der Waals surface area contributed by atoms with Gasteiger partial charge < -0.3 is 19.7 Å². The summed E-state index contributed by atoms with van der Waals surface area (Å²) in [5, 5.41) is 2.80. The van der Waals surface area contributed by atoms with Gasteiger partial charge in [-0.3, -0.25) is 9.59 Å². The van der Waals surface area contributed by atoms with E-state index in [1.807, 2.05) is 0 Å². The molecule has 1 saturated carbocycles. The Morgan fingerprint density at radius 2 is 1.83 bits per heavy atom. The van der Waals surface area contributed by atoms with Gasteiger partial charge in [0.1, 0.15) is 11.6 Å². The van der Waals surface area contributed by atoms with Gasteiger partial charge in [-0.1, -0.05) is 0 Å². The number of hydrogen-bond acceptors (Lipinski definition) is 4. The number of rotatable bonds is 3.